The number of amides is 2. The quantitative estimate of drug-likeness (QED) is 0.119. The fourth-order valence-corrected chi connectivity index (χ4v) is 7.29. The van der Waals surface area contributed by atoms with E-state index < -0.39 is 35.6 Å². The molecule has 0 bridgehead atoms. The largest absolute Gasteiger partial charge is 0.425 e. The fourth-order valence-electron chi connectivity index (χ4n) is 4.34. The summed E-state index contributed by atoms with van der Waals surface area (Å²) in [7, 11) is 3.90. The van der Waals surface area contributed by atoms with Crippen LogP contribution in [0.4, 0.5) is 5.13 Å². The Labute approximate surface area is 267 Å². The first-order chi connectivity index (χ1) is 20.9. The molecule has 0 radical (unpaired) electrons. The van der Waals surface area contributed by atoms with Gasteiger partial charge in [0.2, 0.25) is 17.4 Å². The van der Waals surface area contributed by atoms with Gasteiger partial charge in [0.05, 0.1) is 18.7 Å². The van der Waals surface area contributed by atoms with Crippen molar-refractivity contribution in [2.24, 2.45) is 5.92 Å². The number of nitrogen functional groups attached to an aromatic ring is 1. The predicted molar refractivity (Wildman–Crippen MR) is 165 cm³/mol. The second kappa shape index (κ2) is 15.2. The van der Waals surface area contributed by atoms with Crippen LogP contribution in [0.5, 0.6) is 0 Å². The van der Waals surface area contributed by atoms with E-state index in [-0.39, 0.29) is 24.4 Å². The number of tetrazole rings is 1. The minimum absolute atomic E-state index is 0.0241. The lowest BCUT2D eigenvalue weighted by Crippen LogP contribution is -2.70. The van der Waals surface area contributed by atoms with Crippen molar-refractivity contribution in [3.8, 4) is 0 Å². The first kappa shape index (κ1) is 33.7. The molecule has 1 saturated heterocycles. The van der Waals surface area contributed by atoms with Crippen LogP contribution in [0.3, 0.4) is 0 Å². The van der Waals surface area contributed by atoms with Gasteiger partial charge in [-0.3, -0.25) is 19.3 Å². The van der Waals surface area contributed by atoms with Gasteiger partial charge in [-0.05, 0) is 42.4 Å². The Bertz CT molecular complexity index is 1390. The Balaban J connectivity index is 1.48. The summed E-state index contributed by atoms with van der Waals surface area (Å²) in [6.45, 7) is 6.76. The van der Waals surface area contributed by atoms with Crippen LogP contribution in [0.2, 0.25) is 0 Å². The lowest BCUT2D eigenvalue weighted by Gasteiger charge is -2.49. The lowest BCUT2D eigenvalue weighted by molar-refractivity contribution is -0.184. The SMILES string of the molecule is CC(C)CCC(=O)OC(C)OC(=O)C1=C(CSc2nnnn2CCN(C)C)CS[C@H]2[C@H](NC(=O)Cc3csc(N)n3)C(=O)N12. The van der Waals surface area contributed by atoms with Gasteiger partial charge in [-0.25, -0.2) is 14.5 Å². The number of aromatic nitrogens is 5. The Morgan fingerprint density at radius 1 is 1.25 bits per heavy atom. The number of anilines is 1. The van der Waals surface area contributed by atoms with E-state index in [0.717, 1.165) is 6.54 Å². The summed E-state index contributed by atoms with van der Waals surface area (Å²) in [5.74, 6) is -1.08. The minimum atomic E-state index is -1.16. The van der Waals surface area contributed by atoms with Crippen molar-refractivity contribution in [1.29, 1.82) is 0 Å². The van der Waals surface area contributed by atoms with Crippen molar-refractivity contribution in [2.45, 2.75) is 69.4 Å². The molecule has 3 atom stereocenters. The van der Waals surface area contributed by atoms with Crippen molar-refractivity contribution in [1.82, 2.24) is 40.3 Å². The molecule has 2 aliphatic rings. The monoisotopic (exact) mass is 667 g/mol. The second-order valence-electron chi connectivity index (χ2n) is 10.9. The fraction of sp³-hybridized carbons (Fsp3) is 0.615. The highest BCUT2D eigenvalue weighted by Gasteiger charge is 2.54. The van der Waals surface area contributed by atoms with Gasteiger partial charge in [0.15, 0.2) is 5.13 Å². The molecular formula is C26H37N9O6S3. The molecule has 15 nitrogen and oxygen atoms in total. The summed E-state index contributed by atoms with van der Waals surface area (Å²) in [6, 6.07) is -0.829. The maximum Gasteiger partial charge on any atom is 0.358 e. The number of carbonyl (C=O) groups is 4. The van der Waals surface area contributed by atoms with Crippen molar-refractivity contribution in [3.63, 3.8) is 0 Å². The van der Waals surface area contributed by atoms with Crippen LogP contribution >= 0.6 is 34.9 Å². The summed E-state index contributed by atoms with van der Waals surface area (Å²) in [5, 5.41) is 16.8. The maximum atomic E-state index is 13.5. The summed E-state index contributed by atoms with van der Waals surface area (Å²) in [5.41, 5.74) is 6.88. The maximum absolute atomic E-state index is 13.5. The zero-order valence-corrected chi connectivity index (χ0v) is 27.7. The van der Waals surface area contributed by atoms with Crippen LogP contribution in [0.25, 0.3) is 0 Å². The van der Waals surface area contributed by atoms with E-state index in [4.69, 9.17) is 15.2 Å². The van der Waals surface area contributed by atoms with Gasteiger partial charge in [-0.15, -0.1) is 28.2 Å². The van der Waals surface area contributed by atoms with Gasteiger partial charge in [-0.1, -0.05) is 25.6 Å². The molecule has 0 aliphatic carbocycles. The number of nitrogens with two attached hydrogens (primary N) is 1. The highest BCUT2D eigenvalue weighted by molar-refractivity contribution is 8.01. The average molecular weight is 668 g/mol. The predicted octanol–water partition coefficient (Wildman–Crippen LogP) is 1.13. The normalized spacial score (nSPS) is 18.7. The number of nitrogens with one attached hydrogen (secondary N) is 1. The Kier molecular flexibility index (Phi) is 11.6. The van der Waals surface area contributed by atoms with Crippen LogP contribution in [-0.2, 0) is 41.6 Å². The zero-order valence-electron chi connectivity index (χ0n) is 25.2. The number of thioether (sulfide) groups is 2. The number of fused-ring (bicyclic) bond motifs is 1. The summed E-state index contributed by atoms with van der Waals surface area (Å²) < 4.78 is 12.5. The topological polar surface area (TPSA) is 188 Å². The van der Waals surface area contributed by atoms with E-state index in [1.54, 1.807) is 10.1 Å². The number of hydrogen-bond acceptors (Lipinski definition) is 15. The molecule has 2 aromatic heterocycles. The smallest absolute Gasteiger partial charge is 0.358 e. The summed E-state index contributed by atoms with van der Waals surface area (Å²) >= 11 is 3.99. The number of β-lactam (4-membered cyclic amide) rings is 1. The summed E-state index contributed by atoms with van der Waals surface area (Å²) in [6.07, 6.45) is -0.342. The summed E-state index contributed by atoms with van der Waals surface area (Å²) in [4.78, 5) is 59.3. The van der Waals surface area contributed by atoms with Crippen molar-refractivity contribution in [2.75, 3.05) is 37.9 Å². The molecule has 4 rings (SSSR count). The Morgan fingerprint density at radius 2 is 2.02 bits per heavy atom. The Morgan fingerprint density at radius 3 is 2.70 bits per heavy atom. The van der Waals surface area contributed by atoms with E-state index in [1.807, 2.05) is 32.8 Å². The minimum Gasteiger partial charge on any atom is -0.425 e. The van der Waals surface area contributed by atoms with Gasteiger partial charge in [0.1, 0.15) is 17.1 Å². The molecular weight excluding hydrogens is 631 g/mol. The lowest BCUT2D eigenvalue weighted by atomic mass is 10.0. The number of hydrogen-bond donors (Lipinski definition) is 2. The molecule has 1 unspecified atom stereocenters. The highest BCUT2D eigenvalue weighted by atomic mass is 32.2. The van der Waals surface area contributed by atoms with Crippen molar-refractivity contribution < 1.29 is 28.7 Å². The number of likely N-dealkylation sites (N-methyl/N-ethyl adjacent to an activating group) is 1. The van der Waals surface area contributed by atoms with E-state index in [0.29, 0.717) is 51.9 Å². The number of thiazole rings is 1. The van der Waals surface area contributed by atoms with Gasteiger partial charge >= 0.3 is 11.9 Å². The molecule has 4 heterocycles. The third-order valence-corrected chi connectivity index (χ3v) is 9.70. The molecule has 0 aromatic carbocycles. The third-order valence-electron chi connectivity index (χ3n) is 6.60. The molecule has 2 aliphatic heterocycles. The second-order valence-corrected chi connectivity index (χ2v) is 13.9. The number of ether oxygens (including phenoxy) is 2. The van der Waals surface area contributed by atoms with Crippen LogP contribution in [0.15, 0.2) is 21.8 Å². The molecule has 0 saturated carbocycles. The molecule has 1 fully saturated rings. The standard InChI is InChI=1S/C26H37N9O6S3/c1-14(2)6-7-19(37)40-15(3)41-24(39)21-16(12-44-26-30-31-32-34(26)9-8-33(4)5)11-42-23-20(22(38)35(21)23)29-18(36)10-17-13-43-25(27)28-17/h13-15,20,23H,6-12H2,1-5H3,(H2,27,28)(H,29,36)/t15?,20-,23+/m1/s1. The molecule has 44 heavy (non-hydrogen) atoms. The van der Waals surface area contributed by atoms with Gasteiger partial charge in [-0.2, -0.15) is 0 Å². The van der Waals surface area contributed by atoms with Crippen LogP contribution < -0.4 is 11.1 Å². The molecule has 0 spiro atoms. The van der Waals surface area contributed by atoms with Crippen molar-refractivity contribution >= 4 is 63.7 Å². The van der Waals surface area contributed by atoms with Gasteiger partial charge < -0.3 is 25.4 Å². The van der Waals surface area contributed by atoms with Crippen LogP contribution in [0.1, 0.15) is 39.3 Å². The number of nitrogens with zero attached hydrogens (tertiary/aromatic N) is 7. The highest BCUT2D eigenvalue weighted by Crippen LogP contribution is 2.42. The van der Waals surface area contributed by atoms with Gasteiger partial charge in [0.25, 0.3) is 5.91 Å². The third kappa shape index (κ3) is 8.70. The van der Waals surface area contributed by atoms with Crippen LogP contribution in [0, 0.1) is 5.92 Å². The first-order valence-corrected chi connectivity index (χ1v) is 16.9. The van der Waals surface area contributed by atoms with Crippen molar-refractivity contribution in [3.05, 3.63) is 22.3 Å². The molecule has 2 aromatic rings. The number of carbonyl (C=O) groups excluding carboxylic acids is 4. The van der Waals surface area contributed by atoms with E-state index in [9.17, 15) is 19.2 Å². The van der Waals surface area contributed by atoms with Gasteiger partial charge in [0, 0.05) is 36.8 Å². The Hall–Kier alpha value is -3.22. The molecule has 240 valence electrons. The average Bonchev–Trinajstić information content (AvgIpc) is 3.59. The molecule has 18 heteroatoms. The van der Waals surface area contributed by atoms with E-state index >= 15 is 0 Å². The number of esters is 2. The first-order valence-electron chi connectivity index (χ1n) is 14.0. The van der Waals surface area contributed by atoms with Crippen LogP contribution in [-0.4, -0.2) is 109 Å². The van der Waals surface area contributed by atoms with E-state index in [2.05, 4.69) is 25.8 Å². The molecule has 3 N–H and O–H groups in total. The van der Waals surface area contributed by atoms with E-state index in [1.165, 1.54) is 46.7 Å². The molecule has 2 amide bonds. The zero-order chi connectivity index (χ0) is 32.0. The number of rotatable bonds is 15.